The number of benzene rings is 3. The van der Waals surface area contributed by atoms with Crippen LogP contribution in [0.15, 0.2) is 54.6 Å². The van der Waals surface area contributed by atoms with E-state index in [1.807, 2.05) is 25.1 Å². The number of hydrogen-bond acceptors (Lipinski definition) is 5. The standard InChI is InChI=1S/C29H31ClF2O5/c1-4-20-16-24(10-6-21(20)7-13-29(33)34-5-2)35-15-14-19(3)36-27-11-8-22(30)17-28(27)37-26-12-9-23(31)18-25(26)32/h6,8-12,16-19H,4-5,7,13-15H2,1-3H3/t19-/m0/s1. The molecule has 0 bridgehead atoms. The van der Waals surface area contributed by atoms with E-state index in [4.69, 9.17) is 30.5 Å². The van der Waals surface area contributed by atoms with Crippen LogP contribution in [-0.4, -0.2) is 25.3 Å². The summed E-state index contributed by atoms with van der Waals surface area (Å²) in [5.74, 6) is -0.523. The first kappa shape index (κ1) is 28.3. The van der Waals surface area contributed by atoms with E-state index < -0.39 is 11.6 Å². The van der Waals surface area contributed by atoms with Crippen LogP contribution in [0.3, 0.4) is 0 Å². The first-order chi connectivity index (χ1) is 17.8. The van der Waals surface area contributed by atoms with Crippen molar-refractivity contribution in [3.63, 3.8) is 0 Å². The maximum atomic E-state index is 14.1. The van der Waals surface area contributed by atoms with Crippen LogP contribution in [0.25, 0.3) is 0 Å². The summed E-state index contributed by atoms with van der Waals surface area (Å²) in [7, 11) is 0. The fourth-order valence-electron chi connectivity index (χ4n) is 3.69. The Morgan fingerprint density at radius 2 is 1.73 bits per heavy atom. The average Bonchev–Trinajstić information content (AvgIpc) is 2.86. The fourth-order valence-corrected chi connectivity index (χ4v) is 3.85. The lowest BCUT2D eigenvalue weighted by molar-refractivity contribution is -0.143. The van der Waals surface area contributed by atoms with Crippen molar-refractivity contribution < 1.29 is 32.5 Å². The molecule has 3 aromatic carbocycles. The summed E-state index contributed by atoms with van der Waals surface area (Å²) < 4.78 is 49.9. The summed E-state index contributed by atoms with van der Waals surface area (Å²) >= 11 is 6.09. The van der Waals surface area contributed by atoms with E-state index in [-0.39, 0.29) is 23.6 Å². The minimum Gasteiger partial charge on any atom is -0.493 e. The topological polar surface area (TPSA) is 54.0 Å². The molecular formula is C29H31ClF2O5. The van der Waals surface area contributed by atoms with E-state index in [0.717, 1.165) is 35.4 Å². The van der Waals surface area contributed by atoms with Crippen LogP contribution in [-0.2, 0) is 22.4 Å². The van der Waals surface area contributed by atoms with Gasteiger partial charge in [-0.05, 0) is 74.2 Å². The molecule has 0 aliphatic carbocycles. The van der Waals surface area contributed by atoms with Crippen molar-refractivity contribution in [3.05, 3.63) is 82.4 Å². The average molecular weight is 533 g/mol. The van der Waals surface area contributed by atoms with Crippen molar-refractivity contribution in [1.29, 1.82) is 0 Å². The highest BCUT2D eigenvalue weighted by molar-refractivity contribution is 6.30. The van der Waals surface area contributed by atoms with E-state index in [2.05, 4.69) is 6.92 Å². The number of hydrogen-bond donors (Lipinski definition) is 0. The number of halogens is 3. The third kappa shape index (κ3) is 8.64. The Hall–Kier alpha value is -3.32. The van der Waals surface area contributed by atoms with Gasteiger partial charge in [0, 0.05) is 30.0 Å². The Morgan fingerprint density at radius 1 is 0.946 bits per heavy atom. The molecule has 3 rings (SSSR count). The molecule has 0 aromatic heterocycles. The molecule has 198 valence electrons. The number of carbonyl (C=O) groups is 1. The normalized spacial score (nSPS) is 11.6. The van der Waals surface area contributed by atoms with Crippen molar-refractivity contribution in [2.45, 2.75) is 52.6 Å². The molecule has 37 heavy (non-hydrogen) atoms. The lowest BCUT2D eigenvalue weighted by Crippen LogP contribution is -2.16. The molecule has 1 atom stereocenters. The molecule has 0 saturated carbocycles. The van der Waals surface area contributed by atoms with Gasteiger partial charge in [-0.3, -0.25) is 4.79 Å². The van der Waals surface area contributed by atoms with Crippen LogP contribution >= 0.6 is 11.6 Å². The quantitative estimate of drug-likeness (QED) is 0.211. The summed E-state index contributed by atoms with van der Waals surface area (Å²) in [6.07, 6.45) is 2.11. The summed E-state index contributed by atoms with van der Waals surface area (Å²) in [6, 6.07) is 13.7. The fraction of sp³-hybridized carbons (Fsp3) is 0.345. The van der Waals surface area contributed by atoms with Crippen LogP contribution < -0.4 is 14.2 Å². The smallest absolute Gasteiger partial charge is 0.306 e. The first-order valence-corrected chi connectivity index (χ1v) is 12.7. The van der Waals surface area contributed by atoms with Gasteiger partial charge in [0.1, 0.15) is 11.6 Å². The van der Waals surface area contributed by atoms with Crippen molar-refractivity contribution in [1.82, 2.24) is 0 Å². The number of esters is 1. The van der Waals surface area contributed by atoms with Gasteiger partial charge in [0.25, 0.3) is 0 Å². The second-order valence-electron chi connectivity index (χ2n) is 8.42. The molecule has 0 heterocycles. The summed E-state index contributed by atoms with van der Waals surface area (Å²) in [4.78, 5) is 11.7. The van der Waals surface area contributed by atoms with Crippen molar-refractivity contribution in [2.24, 2.45) is 0 Å². The maximum absolute atomic E-state index is 14.1. The van der Waals surface area contributed by atoms with Gasteiger partial charge in [-0.25, -0.2) is 8.78 Å². The van der Waals surface area contributed by atoms with Crippen LogP contribution in [0, 0.1) is 11.6 Å². The van der Waals surface area contributed by atoms with Crippen molar-refractivity contribution >= 4 is 17.6 Å². The molecule has 0 N–H and O–H groups in total. The van der Waals surface area contributed by atoms with Crippen molar-refractivity contribution in [3.8, 4) is 23.0 Å². The van der Waals surface area contributed by atoms with Gasteiger partial charge in [0.15, 0.2) is 23.1 Å². The summed E-state index contributed by atoms with van der Waals surface area (Å²) in [5, 5.41) is 0.387. The zero-order chi connectivity index (χ0) is 26.8. The summed E-state index contributed by atoms with van der Waals surface area (Å²) in [5.41, 5.74) is 2.23. The summed E-state index contributed by atoms with van der Waals surface area (Å²) in [6.45, 7) is 6.53. The number of aryl methyl sites for hydroxylation is 2. The predicted octanol–water partition coefficient (Wildman–Crippen LogP) is 7.71. The first-order valence-electron chi connectivity index (χ1n) is 12.3. The van der Waals surface area contributed by atoms with E-state index in [0.29, 0.717) is 43.2 Å². The lowest BCUT2D eigenvalue weighted by atomic mass is 10.0. The molecule has 0 amide bonds. The highest BCUT2D eigenvalue weighted by Gasteiger charge is 2.15. The minimum atomic E-state index is -0.828. The molecule has 0 saturated heterocycles. The molecule has 0 spiro atoms. The van der Waals surface area contributed by atoms with E-state index in [1.54, 1.807) is 19.1 Å². The van der Waals surface area contributed by atoms with E-state index in [9.17, 15) is 13.6 Å². The molecular weight excluding hydrogens is 502 g/mol. The van der Waals surface area contributed by atoms with Crippen LogP contribution in [0.2, 0.25) is 5.02 Å². The number of carbonyl (C=O) groups excluding carboxylic acids is 1. The Balaban J connectivity index is 1.56. The zero-order valence-electron chi connectivity index (χ0n) is 21.2. The molecule has 0 radical (unpaired) electrons. The third-order valence-corrected chi connectivity index (χ3v) is 5.84. The number of ether oxygens (including phenoxy) is 4. The molecule has 0 fully saturated rings. The molecule has 3 aromatic rings. The molecule has 8 heteroatoms. The number of rotatable bonds is 13. The van der Waals surface area contributed by atoms with E-state index >= 15 is 0 Å². The molecule has 0 unspecified atom stereocenters. The molecule has 0 aliphatic rings. The van der Waals surface area contributed by atoms with Gasteiger partial charge >= 0.3 is 5.97 Å². The second-order valence-corrected chi connectivity index (χ2v) is 8.86. The van der Waals surface area contributed by atoms with E-state index in [1.165, 1.54) is 12.1 Å². The molecule has 0 aliphatic heterocycles. The second kappa shape index (κ2) is 13.8. The van der Waals surface area contributed by atoms with Gasteiger partial charge in [0.2, 0.25) is 0 Å². The Labute approximate surface area is 221 Å². The highest BCUT2D eigenvalue weighted by atomic mass is 35.5. The third-order valence-electron chi connectivity index (χ3n) is 5.60. The molecule has 5 nitrogen and oxygen atoms in total. The zero-order valence-corrected chi connectivity index (χ0v) is 21.9. The Kier molecular flexibility index (Phi) is 10.6. The monoisotopic (exact) mass is 532 g/mol. The van der Waals surface area contributed by atoms with Gasteiger partial charge in [-0.2, -0.15) is 0 Å². The Morgan fingerprint density at radius 3 is 2.46 bits per heavy atom. The van der Waals surface area contributed by atoms with Gasteiger partial charge in [-0.1, -0.05) is 24.6 Å². The lowest BCUT2D eigenvalue weighted by Gasteiger charge is -2.18. The Bertz CT molecular complexity index is 1200. The van der Waals surface area contributed by atoms with Crippen LogP contribution in [0.1, 0.15) is 44.7 Å². The van der Waals surface area contributed by atoms with Crippen LogP contribution in [0.5, 0.6) is 23.0 Å². The highest BCUT2D eigenvalue weighted by Crippen LogP contribution is 2.36. The predicted molar refractivity (Wildman–Crippen MR) is 139 cm³/mol. The maximum Gasteiger partial charge on any atom is 0.306 e. The van der Waals surface area contributed by atoms with Gasteiger partial charge in [0.05, 0.1) is 19.3 Å². The largest absolute Gasteiger partial charge is 0.493 e. The van der Waals surface area contributed by atoms with Crippen LogP contribution in [0.4, 0.5) is 8.78 Å². The minimum absolute atomic E-state index is 0.137. The van der Waals surface area contributed by atoms with Crippen molar-refractivity contribution in [2.75, 3.05) is 13.2 Å². The SMILES string of the molecule is CCOC(=O)CCc1ccc(OCC[C@H](C)Oc2ccc(Cl)cc2Oc2ccc(F)cc2F)cc1CC. The van der Waals surface area contributed by atoms with Gasteiger partial charge in [-0.15, -0.1) is 0 Å². The van der Waals surface area contributed by atoms with Gasteiger partial charge < -0.3 is 18.9 Å².